The number of hydrogen-bond donors (Lipinski definition) is 0. The second-order valence-electron chi connectivity index (χ2n) is 2.91. The monoisotopic (exact) mass is 392 g/mol. The van der Waals surface area contributed by atoms with Gasteiger partial charge in [-0.05, 0) is 0 Å². The molecular formula is C10H10AgIN2. The van der Waals surface area contributed by atoms with E-state index < -0.39 is 0 Å². The first-order valence-corrected chi connectivity index (χ1v) is 9.29. The SMILES string of the molecule is Cn1ccn(-c2ccccc2)[c]1=[Ag][I]. The van der Waals surface area contributed by atoms with Crippen molar-refractivity contribution < 1.29 is 15.5 Å². The van der Waals surface area contributed by atoms with Crippen LogP contribution in [-0.4, -0.2) is 9.13 Å². The Morgan fingerprint density at radius 1 is 1.14 bits per heavy atom. The summed E-state index contributed by atoms with van der Waals surface area (Å²) in [5.41, 5.74) is 1.23. The van der Waals surface area contributed by atoms with Crippen molar-refractivity contribution in [2.24, 2.45) is 7.05 Å². The molecule has 0 N–H and O–H groups in total. The molecule has 0 aliphatic rings. The predicted octanol–water partition coefficient (Wildman–Crippen LogP) is 2.78. The van der Waals surface area contributed by atoms with E-state index in [-0.39, 0.29) is 0 Å². The second kappa shape index (κ2) is 4.61. The molecule has 0 spiro atoms. The Balaban J connectivity index is 2.64. The molecule has 78 valence electrons. The number of halogens is 1. The Morgan fingerprint density at radius 2 is 1.86 bits per heavy atom. The van der Waals surface area contributed by atoms with Crippen LogP contribution in [0.25, 0.3) is 5.69 Å². The van der Waals surface area contributed by atoms with E-state index in [0.717, 1.165) is 15.5 Å². The Bertz CT molecular complexity index is 484. The molecular weight excluding hydrogens is 383 g/mol. The van der Waals surface area contributed by atoms with E-state index >= 15 is 0 Å². The molecule has 0 aliphatic carbocycles. The summed E-state index contributed by atoms with van der Waals surface area (Å²) in [6.07, 6.45) is 4.20. The zero-order valence-electron chi connectivity index (χ0n) is 7.62. The number of para-hydroxylation sites is 1. The fourth-order valence-electron chi connectivity index (χ4n) is 1.29. The van der Waals surface area contributed by atoms with Crippen molar-refractivity contribution in [3.05, 3.63) is 46.4 Å². The van der Waals surface area contributed by atoms with Crippen LogP contribution in [0.5, 0.6) is 0 Å². The first-order chi connectivity index (χ1) is 6.83. The number of aromatic nitrogens is 2. The number of nitrogens with zero attached hydrogens (tertiary/aromatic N) is 2. The van der Waals surface area contributed by atoms with Crippen molar-refractivity contribution in [2.75, 3.05) is 0 Å². The molecule has 14 heavy (non-hydrogen) atoms. The molecule has 1 heterocycles. The van der Waals surface area contributed by atoms with E-state index in [1.54, 1.807) is 0 Å². The summed E-state index contributed by atoms with van der Waals surface area (Å²) >= 11 is 3.17. The summed E-state index contributed by atoms with van der Waals surface area (Å²) < 4.78 is 5.73. The summed E-state index contributed by atoms with van der Waals surface area (Å²) in [6, 6.07) is 10.4. The minimum absolute atomic E-state index is 0.755. The Morgan fingerprint density at radius 3 is 2.50 bits per heavy atom. The molecule has 0 unspecified atom stereocenters. The van der Waals surface area contributed by atoms with Crippen molar-refractivity contribution in [2.45, 2.75) is 0 Å². The third kappa shape index (κ3) is 1.95. The molecule has 4 heteroatoms. The fourth-order valence-corrected chi connectivity index (χ4v) is 4.32. The van der Waals surface area contributed by atoms with Crippen LogP contribution >= 0.6 is 19.0 Å². The maximum absolute atomic E-state index is 2.42. The first-order valence-electron chi connectivity index (χ1n) is 4.14. The predicted molar refractivity (Wildman–Crippen MR) is 62.0 cm³/mol. The van der Waals surface area contributed by atoms with Gasteiger partial charge in [0.15, 0.2) is 0 Å². The van der Waals surface area contributed by atoms with Gasteiger partial charge in [-0.3, -0.25) is 0 Å². The van der Waals surface area contributed by atoms with Gasteiger partial charge in [0, 0.05) is 0 Å². The summed E-state index contributed by atoms with van der Waals surface area (Å²) in [5, 5.41) is 0. The normalized spacial score (nSPS) is 13.1. The summed E-state index contributed by atoms with van der Waals surface area (Å²) in [5.74, 6) is 0. The van der Waals surface area contributed by atoms with E-state index in [0.29, 0.717) is 0 Å². The standard InChI is InChI=1S/C10H10N2.Ag.HI/c1-11-7-8-12(9-11)10-5-3-2-4-6-10;;/h2-8H,1H3;;1H/q;+1;/p-1. The number of benzene rings is 1. The molecule has 2 nitrogen and oxygen atoms in total. The third-order valence-corrected chi connectivity index (χ3v) is 4.82. The van der Waals surface area contributed by atoms with Crippen LogP contribution in [0, 0.1) is 3.63 Å². The van der Waals surface area contributed by atoms with E-state index in [4.69, 9.17) is 0 Å². The van der Waals surface area contributed by atoms with Crippen LogP contribution < -0.4 is 0 Å². The average molecular weight is 393 g/mol. The minimum atomic E-state index is 0.755. The Hall–Kier alpha value is -0.0997. The third-order valence-electron chi connectivity index (χ3n) is 1.97. The molecule has 2 aromatic rings. The Labute approximate surface area is 102 Å². The van der Waals surface area contributed by atoms with E-state index in [1.165, 1.54) is 9.32 Å². The van der Waals surface area contributed by atoms with Crippen LogP contribution in [0.4, 0.5) is 0 Å². The van der Waals surface area contributed by atoms with Gasteiger partial charge in [0.05, 0.1) is 0 Å². The van der Waals surface area contributed by atoms with Gasteiger partial charge in [0.1, 0.15) is 0 Å². The van der Waals surface area contributed by atoms with Crippen molar-refractivity contribution in [3.8, 4) is 5.69 Å². The van der Waals surface area contributed by atoms with Crippen molar-refractivity contribution >= 4 is 19.0 Å². The molecule has 0 saturated carbocycles. The summed E-state index contributed by atoms with van der Waals surface area (Å²) in [6.45, 7) is 0. The number of hydrogen-bond acceptors (Lipinski definition) is 0. The zero-order valence-corrected chi connectivity index (χ0v) is 11.3. The van der Waals surface area contributed by atoms with Crippen LogP contribution in [-0.2, 0) is 22.5 Å². The van der Waals surface area contributed by atoms with E-state index in [1.807, 2.05) is 6.07 Å². The van der Waals surface area contributed by atoms with Crippen molar-refractivity contribution in [1.29, 1.82) is 0 Å². The summed E-state index contributed by atoms with van der Waals surface area (Å²) in [4.78, 5) is 0. The van der Waals surface area contributed by atoms with Gasteiger partial charge in [-0.1, -0.05) is 0 Å². The van der Waals surface area contributed by atoms with Gasteiger partial charge in [0.25, 0.3) is 0 Å². The molecule has 1 aromatic carbocycles. The van der Waals surface area contributed by atoms with Gasteiger partial charge < -0.3 is 0 Å². The molecule has 0 saturated heterocycles. The molecule has 0 atom stereocenters. The average Bonchev–Trinajstić information content (AvgIpc) is 2.61. The number of imidazole rings is 1. The fraction of sp³-hybridized carbons (Fsp3) is 0.100. The van der Waals surface area contributed by atoms with Crippen molar-refractivity contribution in [1.82, 2.24) is 9.13 Å². The maximum atomic E-state index is 2.42. The van der Waals surface area contributed by atoms with Gasteiger partial charge in [-0.15, -0.1) is 0 Å². The quantitative estimate of drug-likeness (QED) is 0.521. The van der Waals surface area contributed by atoms with E-state index in [2.05, 4.69) is 71.9 Å². The van der Waals surface area contributed by atoms with E-state index in [9.17, 15) is 0 Å². The van der Waals surface area contributed by atoms with Gasteiger partial charge in [-0.25, -0.2) is 0 Å². The van der Waals surface area contributed by atoms with Crippen LogP contribution in [0.1, 0.15) is 0 Å². The van der Waals surface area contributed by atoms with Gasteiger partial charge >= 0.3 is 103 Å². The molecule has 0 bridgehead atoms. The van der Waals surface area contributed by atoms with Crippen molar-refractivity contribution in [3.63, 3.8) is 0 Å². The zero-order chi connectivity index (χ0) is 9.97. The Kier molecular flexibility index (Phi) is 3.43. The summed E-state index contributed by atoms with van der Waals surface area (Å²) in [7, 11) is 2.08. The van der Waals surface area contributed by atoms with Crippen LogP contribution in [0.2, 0.25) is 0 Å². The molecule has 2 rings (SSSR count). The topological polar surface area (TPSA) is 9.86 Å². The second-order valence-corrected chi connectivity index (χ2v) is 5.77. The molecule has 1 aromatic heterocycles. The van der Waals surface area contributed by atoms with Crippen LogP contribution in [0.3, 0.4) is 0 Å². The van der Waals surface area contributed by atoms with Gasteiger partial charge in [-0.2, -0.15) is 0 Å². The molecule has 0 radical (unpaired) electrons. The molecule has 0 amide bonds. The first kappa shape index (κ1) is 10.4. The molecule has 0 aliphatic heterocycles. The number of aryl methyl sites for hydroxylation is 1. The van der Waals surface area contributed by atoms with Gasteiger partial charge in [0.2, 0.25) is 0 Å². The number of rotatable bonds is 1. The molecule has 0 fully saturated rings. The van der Waals surface area contributed by atoms with Crippen LogP contribution in [0.15, 0.2) is 42.7 Å².